The minimum atomic E-state index is 0.653. The second-order valence-electron chi connectivity index (χ2n) is 6.36. The third-order valence-corrected chi connectivity index (χ3v) is 5.37. The molecule has 1 aliphatic rings. The molecule has 1 aromatic carbocycles. The summed E-state index contributed by atoms with van der Waals surface area (Å²) in [5.41, 5.74) is 0. The Morgan fingerprint density at radius 2 is 2.05 bits per heavy atom. The Morgan fingerprint density at radius 1 is 1.29 bits per heavy atom. The zero-order valence-electron chi connectivity index (χ0n) is 13.7. The van der Waals surface area contributed by atoms with E-state index in [0.29, 0.717) is 6.04 Å². The molecule has 2 atom stereocenters. The molecular weight excluding hydrogens is 276 g/mol. The molecule has 0 bridgehead atoms. The quantitative estimate of drug-likeness (QED) is 0.770. The Labute approximate surface area is 134 Å². The molecule has 0 aromatic heterocycles. The first-order valence-corrected chi connectivity index (χ1v) is 9.34. The van der Waals surface area contributed by atoms with E-state index in [-0.39, 0.29) is 0 Å². The highest BCUT2D eigenvalue weighted by atomic mass is 32.2. The summed E-state index contributed by atoms with van der Waals surface area (Å²) in [5, 5.41) is 3.74. The average Bonchev–Trinajstić information content (AvgIpc) is 2.50. The molecule has 0 spiro atoms. The van der Waals surface area contributed by atoms with Crippen molar-refractivity contribution in [1.29, 1.82) is 0 Å². The van der Waals surface area contributed by atoms with Crippen LogP contribution in [0.2, 0.25) is 0 Å². The van der Waals surface area contributed by atoms with Gasteiger partial charge in [0.15, 0.2) is 0 Å². The second-order valence-corrected chi connectivity index (χ2v) is 7.53. The van der Waals surface area contributed by atoms with Gasteiger partial charge in [-0.05, 0) is 24.5 Å². The summed E-state index contributed by atoms with van der Waals surface area (Å²) in [6.07, 6.45) is 2.59. The van der Waals surface area contributed by atoms with E-state index in [2.05, 4.69) is 61.3 Å². The lowest BCUT2D eigenvalue weighted by Gasteiger charge is -2.42. The van der Waals surface area contributed by atoms with Crippen LogP contribution >= 0.6 is 11.8 Å². The van der Waals surface area contributed by atoms with Crippen LogP contribution in [0.25, 0.3) is 0 Å². The molecule has 21 heavy (non-hydrogen) atoms. The van der Waals surface area contributed by atoms with Crippen molar-refractivity contribution in [3.05, 3.63) is 30.3 Å². The van der Waals surface area contributed by atoms with Gasteiger partial charge < -0.3 is 5.32 Å². The highest BCUT2D eigenvalue weighted by Gasteiger charge is 2.28. The summed E-state index contributed by atoms with van der Waals surface area (Å²) in [6, 6.07) is 12.1. The Hall–Kier alpha value is -0.510. The number of benzene rings is 1. The molecule has 3 heteroatoms. The minimum absolute atomic E-state index is 0.653. The predicted molar refractivity (Wildman–Crippen MR) is 94.1 cm³/mol. The van der Waals surface area contributed by atoms with Gasteiger partial charge in [-0.25, -0.2) is 0 Å². The first-order valence-electron chi connectivity index (χ1n) is 8.36. The van der Waals surface area contributed by atoms with Gasteiger partial charge >= 0.3 is 0 Å². The lowest BCUT2D eigenvalue weighted by Crippen LogP contribution is -2.58. The van der Waals surface area contributed by atoms with Gasteiger partial charge in [0, 0.05) is 42.4 Å². The molecule has 0 aliphatic carbocycles. The number of hydrogen-bond donors (Lipinski definition) is 1. The van der Waals surface area contributed by atoms with Crippen LogP contribution < -0.4 is 5.32 Å². The van der Waals surface area contributed by atoms with Crippen LogP contribution in [-0.2, 0) is 0 Å². The topological polar surface area (TPSA) is 15.3 Å². The van der Waals surface area contributed by atoms with Gasteiger partial charge in [0.2, 0.25) is 0 Å². The maximum atomic E-state index is 3.74. The average molecular weight is 307 g/mol. The van der Waals surface area contributed by atoms with Crippen molar-refractivity contribution in [3.8, 4) is 0 Å². The zero-order chi connectivity index (χ0) is 15.1. The number of rotatable bonds is 7. The largest absolute Gasteiger partial charge is 0.311 e. The summed E-state index contributed by atoms with van der Waals surface area (Å²) >= 11 is 1.98. The van der Waals surface area contributed by atoms with Crippen LogP contribution in [-0.4, -0.2) is 42.4 Å². The molecule has 0 radical (unpaired) electrons. The predicted octanol–water partition coefficient (Wildman–Crippen LogP) is 3.88. The summed E-state index contributed by atoms with van der Waals surface area (Å²) in [5.74, 6) is 1.91. The smallest absolute Gasteiger partial charge is 0.0221 e. The fourth-order valence-electron chi connectivity index (χ4n) is 3.02. The van der Waals surface area contributed by atoms with E-state index in [1.165, 1.54) is 36.6 Å². The van der Waals surface area contributed by atoms with E-state index < -0.39 is 0 Å². The number of nitrogens with one attached hydrogen (secondary N) is 1. The second kappa shape index (κ2) is 8.82. The van der Waals surface area contributed by atoms with Crippen molar-refractivity contribution in [2.45, 2.75) is 50.6 Å². The van der Waals surface area contributed by atoms with E-state index in [0.717, 1.165) is 18.5 Å². The third-order valence-electron chi connectivity index (χ3n) is 4.38. The lowest BCUT2D eigenvalue weighted by molar-refractivity contribution is 0.114. The first kappa shape index (κ1) is 16.9. The van der Waals surface area contributed by atoms with Crippen molar-refractivity contribution in [3.63, 3.8) is 0 Å². The minimum Gasteiger partial charge on any atom is -0.311 e. The monoisotopic (exact) mass is 306 g/mol. The van der Waals surface area contributed by atoms with Crippen LogP contribution in [0.5, 0.6) is 0 Å². The molecule has 0 saturated carbocycles. The fraction of sp³-hybridized carbons (Fsp3) is 0.667. The molecular formula is C18H30N2S. The maximum absolute atomic E-state index is 3.74. The molecule has 2 unspecified atom stereocenters. The Morgan fingerprint density at radius 3 is 2.71 bits per heavy atom. The Bertz CT molecular complexity index is 393. The van der Waals surface area contributed by atoms with Crippen molar-refractivity contribution in [2.75, 3.05) is 25.4 Å². The highest BCUT2D eigenvalue weighted by Crippen LogP contribution is 2.20. The molecule has 0 amide bonds. The highest BCUT2D eigenvalue weighted by molar-refractivity contribution is 7.99. The summed E-state index contributed by atoms with van der Waals surface area (Å²) in [7, 11) is 0. The van der Waals surface area contributed by atoms with Crippen LogP contribution in [0.4, 0.5) is 0 Å². The van der Waals surface area contributed by atoms with Gasteiger partial charge in [-0.15, -0.1) is 11.8 Å². The van der Waals surface area contributed by atoms with Crippen LogP contribution in [0.3, 0.4) is 0 Å². The summed E-state index contributed by atoms with van der Waals surface area (Å²) < 4.78 is 0. The molecule has 2 nitrogen and oxygen atoms in total. The first-order chi connectivity index (χ1) is 10.2. The van der Waals surface area contributed by atoms with Crippen LogP contribution in [0.15, 0.2) is 35.2 Å². The molecule has 1 saturated heterocycles. The molecule has 1 N–H and O–H groups in total. The molecule has 1 aliphatic heterocycles. The maximum Gasteiger partial charge on any atom is 0.0221 e. The van der Waals surface area contributed by atoms with Gasteiger partial charge in [-0.3, -0.25) is 4.90 Å². The van der Waals surface area contributed by atoms with Crippen molar-refractivity contribution < 1.29 is 0 Å². The number of hydrogen-bond acceptors (Lipinski definition) is 3. The van der Waals surface area contributed by atoms with Gasteiger partial charge in [0.05, 0.1) is 0 Å². The van der Waals surface area contributed by atoms with Gasteiger partial charge in [0.25, 0.3) is 0 Å². The fourth-order valence-corrected chi connectivity index (χ4v) is 3.93. The number of thioether (sulfide) groups is 1. The molecule has 118 valence electrons. The van der Waals surface area contributed by atoms with E-state index in [1.807, 2.05) is 11.8 Å². The Balaban J connectivity index is 1.84. The van der Waals surface area contributed by atoms with E-state index >= 15 is 0 Å². The molecule has 1 aromatic rings. The summed E-state index contributed by atoms with van der Waals surface area (Å²) in [4.78, 5) is 4.11. The third kappa shape index (κ3) is 5.32. The number of piperazine rings is 1. The van der Waals surface area contributed by atoms with Crippen LogP contribution in [0.1, 0.15) is 33.6 Å². The van der Waals surface area contributed by atoms with E-state index in [1.54, 1.807) is 0 Å². The normalized spacial score (nSPS) is 23.6. The van der Waals surface area contributed by atoms with Gasteiger partial charge in [0.1, 0.15) is 0 Å². The Kier molecular flexibility index (Phi) is 7.08. The van der Waals surface area contributed by atoms with E-state index in [9.17, 15) is 0 Å². The van der Waals surface area contributed by atoms with E-state index in [4.69, 9.17) is 0 Å². The van der Waals surface area contributed by atoms with Gasteiger partial charge in [-0.2, -0.15) is 0 Å². The molecule has 2 rings (SSSR count). The van der Waals surface area contributed by atoms with Gasteiger partial charge in [-0.1, -0.05) is 45.4 Å². The standard InChI is InChI=1S/C18H30N2S/c1-4-8-16-13-19-18(15(2)3)14-20(16)11-12-21-17-9-6-5-7-10-17/h5-7,9-10,15-16,18-19H,4,8,11-14H2,1-3H3. The number of nitrogens with zero attached hydrogens (tertiary/aromatic N) is 1. The summed E-state index contributed by atoms with van der Waals surface area (Å²) in [6.45, 7) is 10.5. The zero-order valence-corrected chi connectivity index (χ0v) is 14.5. The van der Waals surface area contributed by atoms with Crippen LogP contribution in [0, 0.1) is 5.92 Å². The SMILES string of the molecule is CCCC1CNC(C(C)C)CN1CCSc1ccccc1. The molecule has 1 fully saturated rings. The lowest BCUT2D eigenvalue weighted by atomic mass is 9.98. The molecule has 1 heterocycles. The van der Waals surface area contributed by atoms with Crippen molar-refractivity contribution >= 4 is 11.8 Å². The van der Waals surface area contributed by atoms with Crippen molar-refractivity contribution in [1.82, 2.24) is 10.2 Å². The van der Waals surface area contributed by atoms with Crippen molar-refractivity contribution in [2.24, 2.45) is 5.92 Å².